The van der Waals surface area contributed by atoms with Gasteiger partial charge in [-0.15, -0.1) is 0 Å². The lowest BCUT2D eigenvalue weighted by Crippen LogP contribution is -2.41. The molecule has 0 bridgehead atoms. The SMILES string of the molecule is CC1(C)OB(c2cc(F)nc(C3COC3)c2)OC1(C)C. The van der Waals surface area contributed by atoms with E-state index in [1.165, 1.54) is 6.07 Å². The van der Waals surface area contributed by atoms with E-state index >= 15 is 0 Å². The second kappa shape index (κ2) is 4.51. The number of halogens is 1. The number of hydrogen-bond donors (Lipinski definition) is 0. The predicted octanol–water partition coefficient (Wildman–Crippen LogP) is 1.63. The van der Waals surface area contributed by atoms with Gasteiger partial charge in [0.15, 0.2) is 0 Å². The number of pyridine rings is 1. The molecule has 0 aromatic carbocycles. The van der Waals surface area contributed by atoms with Crippen molar-refractivity contribution in [1.82, 2.24) is 4.98 Å². The van der Waals surface area contributed by atoms with Crippen molar-refractivity contribution >= 4 is 12.6 Å². The van der Waals surface area contributed by atoms with E-state index < -0.39 is 24.3 Å². The first-order valence-electron chi connectivity index (χ1n) is 6.89. The van der Waals surface area contributed by atoms with Crippen molar-refractivity contribution in [2.24, 2.45) is 0 Å². The molecule has 2 saturated heterocycles. The summed E-state index contributed by atoms with van der Waals surface area (Å²) >= 11 is 0. The van der Waals surface area contributed by atoms with Gasteiger partial charge in [-0.1, -0.05) is 0 Å². The largest absolute Gasteiger partial charge is 0.495 e. The summed E-state index contributed by atoms with van der Waals surface area (Å²) in [6, 6.07) is 3.24. The minimum Gasteiger partial charge on any atom is -0.399 e. The van der Waals surface area contributed by atoms with Crippen LogP contribution in [0.2, 0.25) is 0 Å². The average molecular weight is 279 g/mol. The highest BCUT2D eigenvalue weighted by molar-refractivity contribution is 6.62. The molecular weight excluding hydrogens is 260 g/mol. The van der Waals surface area contributed by atoms with Crippen molar-refractivity contribution in [2.45, 2.75) is 44.8 Å². The number of nitrogens with zero attached hydrogens (tertiary/aromatic N) is 1. The molecule has 20 heavy (non-hydrogen) atoms. The molecule has 2 aliphatic rings. The Bertz CT molecular complexity index is 515. The van der Waals surface area contributed by atoms with Gasteiger partial charge in [0.05, 0.1) is 30.1 Å². The van der Waals surface area contributed by atoms with Crippen molar-refractivity contribution in [1.29, 1.82) is 0 Å². The highest BCUT2D eigenvalue weighted by atomic mass is 19.1. The van der Waals surface area contributed by atoms with E-state index in [0.717, 1.165) is 0 Å². The predicted molar refractivity (Wildman–Crippen MR) is 73.5 cm³/mol. The Morgan fingerprint density at radius 3 is 2.25 bits per heavy atom. The monoisotopic (exact) mass is 279 g/mol. The molecule has 1 aromatic rings. The van der Waals surface area contributed by atoms with Gasteiger partial charge in [-0.05, 0) is 45.3 Å². The fraction of sp³-hybridized carbons (Fsp3) is 0.643. The standard InChI is InChI=1S/C14H19BFNO3/c1-13(2)14(3,4)20-15(19-13)10-5-11(9-7-18-8-9)17-12(16)6-10/h5-6,9H,7-8H2,1-4H3. The van der Waals surface area contributed by atoms with Crippen LogP contribution in [0, 0.1) is 5.95 Å². The summed E-state index contributed by atoms with van der Waals surface area (Å²) in [5.41, 5.74) is 0.521. The van der Waals surface area contributed by atoms with Crippen molar-refractivity contribution in [3.8, 4) is 0 Å². The minimum atomic E-state index is -0.558. The van der Waals surface area contributed by atoms with E-state index in [4.69, 9.17) is 14.0 Å². The molecule has 1 aromatic heterocycles. The lowest BCUT2D eigenvalue weighted by atomic mass is 9.78. The van der Waals surface area contributed by atoms with Gasteiger partial charge in [0.1, 0.15) is 0 Å². The smallest absolute Gasteiger partial charge is 0.399 e. The van der Waals surface area contributed by atoms with Crippen LogP contribution < -0.4 is 5.46 Å². The molecule has 0 saturated carbocycles. The quantitative estimate of drug-likeness (QED) is 0.609. The topological polar surface area (TPSA) is 40.6 Å². The highest BCUT2D eigenvalue weighted by Gasteiger charge is 2.52. The summed E-state index contributed by atoms with van der Waals surface area (Å²) in [6.07, 6.45) is 0. The Morgan fingerprint density at radius 1 is 1.15 bits per heavy atom. The average Bonchev–Trinajstić information content (AvgIpc) is 2.45. The summed E-state index contributed by atoms with van der Waals surface area (Å²) in [7, 11) is -0.558. The second-order valence-corrected chi connectivity index (χ2v) is 6.47. The Balaban J connectivity index is 1.89. The van der Waals surface area contributed by atoms with Crippen LogP contribution in [-0.4, -0.2) is 36.5 Å². The Hall–Kier alpha value is -0.975. The number of rotatable bonds is 2. The van der Waals surface area contributed by atoms with Crippen LogP contribution in [0.25, 0.3) is 0 Å². The van der Waals surface area contributed by atoms with E-state index in [1.54, 1.807) is 0 Å². The summed E-state index contributed by atoms with van der Waals surface area (Å²) in [6.45, 7) is 9.10. The molecule has 4 nitrogen and oxygen atoms in total. The van der Waals surface area contributed by atoms with Gasteiger partial charge in [-0.25, -0.2) is 4.98 Å². The first kappa shape index (κ1) is 14.0. The van der Waals surface area contributed by atoms with E-state index in [-0.39, 0.29) is 5.92 Å². The lowest BCUT2D eigenvalue weighted by molar-refractivity contribution is 0.00578. The molecule has 6 heteroatoms. The molecule has 2 aliphatic heterocycles. The second-order valence-electron chi connectivity index (χ2n) is 6.47. The molecule has 0 amide bonds. The zero-order valence-corrected chi connectivity index (χ0v) is 12.3. The van der Waals surface area contributed by atoms with Crippen molar-refractivity contribution in [3.63, 3.8) is 0 Å². The summed E-state index contributed by atoms with van der Waals surface area (Å²) in [4.78, 5) is 3.94. The summed E-state index contributed by atoms with van der Waals surface area (Å²) in [5, 5.41) is 0. The van der Waals surface area contributed by atoms with Crippen LogP contribution in [0.3, 0.4) is 0 Å². The zero-order valence-electron chi connectivity index (χ0n) is 12.3. The number of aromatic nitrogens is 1. The van der Waals surface area contributed by atoms with Gasteiger partial charge in [-0.2, -0.15) is 4.39 Å². The van der Waals surface area contributed by atoms with Crippen LogP contribution >= 0.6 is 0 Å². The minimum absolute atomic E-state index is 0.173. The van der Waals surface area contributed by atoms with Crippen molar-refractivity contribution in [3.05, 3.63) is 23.8 Å². The van der Waals surface area contributed by atoms with Crippen molar-refractivity contribution in [2.75, 3.05) is 13.2 Å². The van der Waals surface area contributed by atoms with Crippen LogP contribution in [0.5, 0.6) is 0 Å². The van der Waals surface area contributed by atoms with Crippen molar-refractivity contribution < 1.29 is 18.4 Å². The maximum Gasteiger partial charge on any atom is 0.495 e. The van der Waals surface area contributed by atoms with Gasteiger partial charge in [0, 0.05) is 5.92 Å². The fourth-order valence-electron chi connectivity index (χ4n) is 2.27. The summed E-state index contributed by atoms with van der Waals surface area (Å²) in [5.74, 6) is -0.328. The molecule has 0 atom stereocenters. The Kier molecular flexibility index (Phi) is 3.16. The number of ether oxygens (including phenoxy) is 1. The molecule has 0 aliphatic carbocycles. The maximum atomic E-state index is 13.7. The lowest BCUT2D eigenvalue weighted by Gasteiger charge is -2.32. The van der Waals surface area contributed by atoms with Gasteiger partial charge in [0.2, 0.25) is 5.95 Å². The Labute approximate surface area is 118 Å². The van der Waals surface area contributed by atoms with Gasteiger partial charge >= 0.3 is 7.12 Å². The highest BCUT2D eigenvalue weighted by Crippen LogP contribution is 2.36. The van der Waals surface area contributed by atoms with Gasteiger partial charge < -0.3 is 14.0 Å². The van der Waals surface area contributed by atoms with Crippen LogP contribution in [-0.2, 0) is 14.0 Å². The van der Waals surface area contributed by atoms with Gasteiger partial charge in [0.25, 0.3) is 0 Å². The molecule has 0 spiro atoms. The molecule has 0 unspecified atom stereocenters. The first-order chi connectivity index (χ1) is 9.28. The third kappa shape index (κ3) is 2.26. The Morgan fingerprint density at radius 2 is 1.75 bits per heavy atom. The van der Waals surface area contributed by atoms with Crippen LogP contribution in [0.1, 0.15) is 39.3 Å². The molecule has 3 rings (SSSR count). The molecule has 0 radical (unpaired) electrons. The van der Waals surface area contributed by atoms with E-state index in [0.29, 0.717) is 24.4 Å². The maximum absolute atomic E-state index is 13.7. The van der Waals surface area contributed by atoms with Gasteiger partial charge in [-0.3, -0.25) is 0 Å². The normalized spacial score (nSPS) is 24.8. The van der Waals surface area contributed by atoms with Crippen LogP contribution in [0.15, 0.2) is 12.1 Å². The first-order valence-corrected chi connectivity index (χ1v) is 6.89. The molecule has 108 valence electrons. The molecular formula is C14H19BFNO3. The van der Waals surface area contributed by atoms with E-state index in [9.17, 15) is 4.39 Å². The third-order valence-electron chi connectivity index (χ3n) is 4.42. The molecule has 2 fully saturated rings. The number of hydrogen-bond acceptors (Lipinski definition) is 4. The van der Waals surface area contributed by atoms with E-state index in [2.05, 4.69) is 4.98 Å². The molecule has 3 heterocycles. The summed E-state index contributed by atoms with van der Waals surface area (Å²) < 4.78 is 30.7. The molecule has 0 N–H and O–H groups in total. The fourth-order valence-corrected chi connectivity index (χ4v) is 2.27. The zero-order chi connectivity index (χ0) is 14.5. The van der Waals surface area contributed by atoms with E-state index in [1.807, 2.05) is 33.8 Å². The van der Waals surface area contributed by atoms with Crippen LogP contribution in [0.4, 0.5) is 4.39 Å². The third-order valence-corrected chi connectivity index (χ3v) is 4.42.